The van der Waals surface area contributed by atoms with Crippen LogP contribution in [0.25, 0.3) is 0 Å². The summed E-state index contributed by atoms with van der Waals surface area (Å²) in [7, 11) is 0. The first kappa shape index (κ1) is 15.9. The number of carbonyl (C=O) groups is 3. The number of urea groups is 1. The Morgan fingerprint density at radius 1 is 1.21 bits per heavy atom. The molecule has 1 aliphatic heterocycles. The molecule has 1 aromatic rings. The van der Waals surface area contributed by atoms with Gasteiger partial charge < -0.3 is 4.90 Å². The number of imide groups is 1. The smallest absolute Gasteiger partial charge is 0.310 e. The van der Waals surface area contributed by atoms with E-state index in [1.807, 2.05) is 37.3 Å². The van der Waals surface area contributed by atoms with Crippen LogP contribution in [0.5, 0.6) is 0 Å². The Balaban J connectivity index is 1.84. The number of carbonyl (C=O) groups excluding carboxylic acids is 3. The Morgan fingerprint density at radius 2 is 2.00 bits per heavy atom. The summed E-state index contributed by atoms with van der Waals surface area (Å²) in [6.07, 6.45) is 8.18. The molecule has 1 saturated heterocycles. The molecule has 24 heavy (non-hydrogen) atoms. The Bertz CT molecular complexity index is 790. The van der Waals surface area contributed by atoms with Gasteiger partial charge in [-0.2, -0.15) is 0 Å². The minimum absolute atomic E-state index is 0.0402. The van der Waals surface area contributed by atoms with E-state index in [1.165, 1.54) is 4.90 Å². The predicted molar refractivity (Wildman–Crippen MR) is 89.8 cm³/mol. The van der Waals surface area contributed by atoms with Gasteiger partial charge in [0.05, 0.1) is 5.70 Å². The molecule has 122 valence electrons. The zero-order chi connectivity index (χ0) is 17.1. The highest BCUT2D eigenvalue weighted by atomic mass is 16.2. The van der Waals surface area contributed by atoms with Crippen molar-refractivity contribution in [1.82, 2.24) is 9.80 Å². The fourth-order valence-corrected chi connectivity index (χ4v) is 2.81. The van der Waals surface area contributed by atoms with Gasteiger partial charge in [-0.25, -0.2) is 9.69 Å². The number of hydrogen-bond donors (Lipinski definition) is 0. The third-order valence-electron chi connectivity index (χ3n) is 4.15. The maximum Gasteiger partial charge on any atom is 0.332 e. The highest BCUT2D eigenvalue weighted by Crippen LogP contribution is 2.23. The zero-order valence-electron chi connectivity index (χ0n) is 13.4. The van der Waals surface area contributed by atoms with Gasteiger partial charge in [0.2, 0.25) is 0 Å². The van der Waals surface area contributed by atoms with Crippen molar-refractivity contribution in [3.8, 4) is 0 Å². The molecule has 0 radical (unpaired) electrons. The fraction of sp³-hybridized carbons (Fsp3) is 0.211. The van der Waals surface area contributed by atoms with Crippen LogP contribution in [0.15, 0.2) is 59.8 Å². The number of benzene rings is 1. The summed E-state index contributed by atoms with van der Waals surface area (Å²) in [5.41, 5.74) is 3.00. The molecule has 0 N–H and O–H groups in total. The van der Waals surface area contributed by atoms with E-state index >= 15 is 0 Å². The van der Waals surface area contributed by atoms with E-state index in [2.05, 4.69) is 0 Å². The molecule has 0 bridgehead atoms. The Labute approximate surface area is 140 Å². The van der Waals surface area contributed by atoms with Gasteiger partial charge >= 0.3 is 6.03 Å². The minimum atomic E-state index is -0.355. The van der Waals surface area contributed by atoms with Crippen molar-refractivity contribution in [2.75, 3.05) is 6.54 Å². The van der Waals surface area contributed by atoms with Crippen LogP contribution in [0.2, 0.25) is 0 Å². The third-order valence-corrected chi connectivity index (χ3v) is 4.15. The molecule has 0 aromatic heterocycles. The maximum atomic E-state index is 12.7. The number of rotatable bonds is 4. The van der Waals surface area contributed by atoms with Crippen molar-refractivity contribution in [3.63, 3.8) is 0 Å². The van der Waals surface area contributed by atoms with Gasteiger partial charge in [0, 0.05) is 12.1 Å². The fourth-order valence-electron chi connectivity index (χ4n) is 2.81. The molecule has 1 fully saturated rings. The Morgan fingerprint density at radius 3 is 2.75 bits per heavy atom. The molecule has 2 aliphatic rings. The number of amides is 3. The molecule has 0 spiro atoms. The predicted octanol–water partition coefficient (Wildman–Crippen LogP) is 2.73. The van der Waals surface area contributed by atoms with Gasteiger partial charge in [-0.3, -0.25) is 9.59 Å². The van der Waals surface area contributed by atoms with Crippen LogP contribution in [0, 0.1) is 6.92 Å². The second-order valence-electron chi connectivity index (χ2n) is 5.82. The standard InChI is InChI=1S/C19H18N2O3/c1-14-6-2-4-8-16(14)11-20-12-18(23)21(19(20)24)17-9-5-3-7-15(10-17)13-22/h2,4-10,13H,3,11-12H2,1H3. The third kappa shape index (κ3) is 3.06. The molecule has 0 saturated carbocycles. The van der Waals surface area contributed by atoms with Crippen molar-refractivity contribution in [3.05, 3.63) is 71.0 Å². The van der Waals surface area contributed by atoms with Crippen LogP contribution in [0.4, 0.5) is 4.79 Å². The summed E-state index contributed by atoms with van der Waals surface area (Å²) < 4.78 is 0. The van der Waals surface area contributed by atoms with Crippen LogP contribution in [0.1, 0.15) is 17.5 Å². The Hall–Kier alpha value is -2.95. The molecule has 1 aliphatic carbocycles. The maximum absolute atomic E-state index is 12.7. The quantitative estimate of drug-likeness (QED) is 0.632. The van der Waals surface area contributed by atoms with Crippen LogP contribution in [0.3, 0.4) is 0 Å². The van der Waals surface area contributed by atoms with E-state index in [0.29, 0.717) is 24.2 Å². The molecule has 3 rings (SSSR count). The van der Waals surface area contributed by atoms with Crippen molar-refractivity contribution in [2.24, 2.45) is 0 Å². The summed E-state index contributed by atoms with van der Waals surface area (Å²) in [5, 5.41) is 0. The van der Waals surface area contributed by atoms with Crippen molar-refractivity contribution in [1.29, 1.82) is 0 Å². The summed E-state index contributed by atoms with van der Waals surface area (Å²) in [4.78, 5) is 38.8. The van der Waals surface area contributed by atoms with Gasteiger partial charge in [0.15, 0.2) is 0 Å². The lowest BCUT2D eigenvalue weighted by Gasteiger charge is -2.18. The lowest BCUT2D eigenvalue weighted by Crippen LogP contribution is -2.32. The molecule has 1 heterocycles. The van der Waals surface area contributed by atoms with Gasteiger partial charge in [-0.1, -0.05) is 36.4 Å². The van der Waals surface area contributed by atoms with Gasteiger partial charge in [-0.15, -0.1) is 0 Å². The summed E-state index contributed by atoms with van der Waals surface area (Å²) in [6.45, 7) is 2.41. The molecule has 5 heteroatoms. The average Bonchev–Trinajstić information content (AvgIpc) is 2.75. The first-order valence-corrected chi connectivity index (χ1v) is 7.80. The van der Waals surface area contributed by atoms with Crippen LogP contribution in [-0.4, -0.2) is 34.6 Å². The Kier molecular flexibility index (Phi) is 4.42. The minimum Gasteiger partial charge on any atom is -0.310 e. The number of nitrogens with zero attached hydrogens (tertiary/aromatic N) is 2. The number of aryl methyl sites for hydroxylation is 1. The zero-order valence-corrected chi connectivity index (χ0v) is 13.4. The van der Waals surface area contributed by atoms with E-state index in [1.54, 1.807) is 18.2 Å². The van der Waals surface area contributed by atoms with Crippen molar-refractivity contribution in [2.45, 2.75) is 19.9 Å². The second-order valence-corrected chi connectivity index (χ2v) is 5.82. The molecular formula is C19H18N2O3. The number of hydrogen-bond acceptors (Lipinski definition) is 3. The second kappa shape index (κ2) is 6.66. The first-order chi connectivity index (χ1) is 11.6. The van der Waals surface area contributed by atoms with Gasteiger partial charge in [0.25, 0.3) is 5.91 Å². The van der Waals surface area contributed by atoms with Crippen molar-refractivity contribution < 1.29 is 14.4 Å². The van der Waals surface area contributed by atoms with Crippen LogP contribution in [-0.2, 0) is 16.1 Å². The molecule has 0 atom stereocenters. The van der Waals surface area contributed by atoms with E-state index in [4.69, 9.17) is 0 Å². The van der Waals surface area contributed by atoms with Gasteiger partial charge in [-0.05, 0) is 36.6 Å². The largest absolute Gasteiger partial charge is 0.332 e. The monoisotopic (exact) mass is 322 g/mol. The molecule has 1 aromatic carbocycles. The summed E-state index contributed by atoms with van der Waals surface area (Å²) in [6, 6.07) is 7.43. The van der Waals surface area contributed by atoms with E-state index in [9.17, 15) is 14.4 Å². The molecular weight excluding hydrogens is 304 g/mol. The van der Waals surface area contributed by atoms with Gasteiger partial charge in [0.1, 0.15) is 12.8 Å². The summed E-state index contributed by atoms with van der Waals surface area (Å²) >= 11 is 0. The van der Waals surface area contributed by atoms with E-state index in [-0.39, 0.29) is 18.5 Å². The SMILES string of the molecule is Cc1ccccc1CN1CC(=O)N(C2=CC(C=O)=CCC=C2)C1=O. The molecule has 0 unspecified atom stereocenters. The average molecular weight is 322 g/mol. The number of allylic oxidation sites excluding steroid dienone is 5. The normalized spacial score (nSPS) is 17.7. The van der Waals surface area contributed by atoms with Crippen LogP contribution < -0.4 is 0 Å². The van der Waals surface area contributed by atoms with E-state index in [0.717, 1.165) is 22.3 Å². The highest BCUT2D eigenvalue weighted by molar-refractivity contribution is 6.04. The lowest BCUT2D eigenvalue weighted by atomic mass is 10.1. The topological polar surface area (TPSA) is 57.7 Å². The first-order valence-electron chi connectivity index (χ1n) is 7.80. The van der Waals surface area contributed by atoms with Crippen molar-refractivity contribution >= 4 is 18.2 Å². The molecule has 3 amide bonds. The summed E-state index contributed by atoms with van der Waals surface area (Å²) in [5.74, 6) is -0.281. The molecule has 5 nitrogen and oxygen atoms in total. The lowest BCUT2D eigenvalue weighted by molar-refractivity contribution is -0.124. The van der Waals surface area contributed by atoms with Crippen LogP contribution >= 0.6 is 0 Å². The van der Waals surface area contributed by atoms with E-state index < -0.39 is 0 Å². The number of aldehydes is 1. The highest BCUT2D eigenvalue weighted by Gasteiger charge is 2.37.